The van der Waals surface area contributed by atoms with Gasteiger partial charge in [-0.3, -0.25) is 0 Å². The van der Waals surface area contributed by atoms with E-state index in [1.165, 1.54) is 107 Å². The number of fused-ring (bicyclic) bond motifs is 6. The molecule has 70 heavy (non-hydrogen) atoms. The van der Waals surface area contributed by atoms with Crippen LogP contribution in [0.5, 0.6) is 0 Å². The van der Waals surface area contributed by atoms with Crippen LogP contribution in [0.4, 0.5) is 17.1 Å². The zero-order valence-electron chi connectivity index (χ0n) is 41.2. The van der Waals surface area contributed by atoms with Crippen LogP contribution in [0.2, 0.25) is 0 Å². The second-order valence-corrected chi connectivity index (χ2v) is 19.6. The first-order valence-electron chi connectivity index (χ1n) is 25.0. The summed E-state index contributed by atoms with van der Waals surface area (Å²) in [6, 6.07) is 88.0. The highest BCUT2D eigenvalue weighted by atomic mass is 15.1. The van der Waals surface area contributed by atoms with Crippen molar-refractivity contribution in [3.63, 3.8) is 0 Å². The maximum absolute atomic E-state index is 2.48. The molecule has 0 radical (unpaired) electrons. The summed E-state index contributed by atoms with van der Waals surface area (Å²) >= 11 is 0. The van der Waals surface area contributed by atoms with Crippen LogP contribution >= 0.6 is 0 Å². The Labute approximate surface area is 415 Å². The van der Waals surface area contributed by atoms with Crippen molar-refractivity contribution in [1.82, 2.24) is 0 Å². The molecule has 0 heterocycles. The molecule has 0 fully saturated rings. The molecular weight excluding hydrogens is 843 g/mol. The van der Waals surface area contributed by atoms with Crippen LogP contribution < -0.4 is 4.90 Å². The SMILES string of the molecule is CCC.Cc1ccccc1-c1cccc(-c2ccc(-c3ccc(N(c4ccc5c(c4)C(C)(C)c4ccccc4-5)c4ccc5c(c4)C(c4ccccc4)(c4ccccc4)c4ccccc4-5)cc3)cc2)c1C. The van der Waals surface area contributed by atoms with Gasteiger partial charge in [-0.25, -0.2) is 0 Å². The summed E-state index contributed by atoms with van der Waals surface area (Å²) in [5.74, 6) is 0. The van der Waals surface area contributed by atoms with E-state index in [-0.39, 0.29) is 5.41 Å². The van der Waals surface area contributed by atoms with Gasteiger partial charge < -0.3 is 4.90 Å². The molecule has 2 aliphatic rings. The Balaban J connectivity index is 0.00000174. The van der Waals surface area contributed by atoms with Gasteiger partial charge in [0.1, 0.15) is 0 Å². The summed E-state index contributed by atoms with van der Waals surface area (Å²) in [6.07, 6.45) is 1.25. The van der Waals surface area contributed by atoms with Crippen molar-refractivity contribution in [3.05, 3.63) is 281 Å². The molecule has 2 aliphatic carbocycles. The van der Waals surface area contributed by atoms with Gasteiger partial charge in [0.05, 0.1) is 5.41 Å². The van der Waals surface area contributed by atoms with Crippen LogP contribution in [0.3, 0.4) is 0 Å². The predicted octanol–water partition coefficient (Wildman–Crippen LogP) is 18.9. The van der Waals surface area contributed by atoms with Gasteiger partial charge >= 0.3 is 0 Å². The minimum Gasteiger partial charge on any atom is -0.310 e. The van der Waals surface area contributed by atoms with E-state index in [0.717, 1.165) is 17.1 Å². The van der Waals surface area contributed by atoms with E-state index in [1.807, 2.05) is 0 Å². The summed E-state index contributed by atoms with van der Waals surface area (Å²) in [5.41, 5.74) is 25.8. The average molecular weight is 902 g/mol. The van der Waals surface area contributed by atoms with Crippen molar-refractivity contribution < 1.29 is 0 Å². The summed E-state index contributed by atoms with van der Waals surface area (Å²) in [7, 11) is 0. The third-order valence-electron chi connectivity index (χ3n) is 14.9. The van der Waals surface area contributed by atoms with Crippen LogP contribution in [-0.4, -0.2) is 0 Å². The van der Waals surface area contributed by atoms with Gasteiger partial charge in [0.2, 0.25) is 0 Å². The molecule has 0 unspecified atom stereocenters. The van der Waals surface area contributed by atoms with E-state index in [0.29, 0.717) is 0 Å². The summed E-state index contributed by atoms with van der Waals surface area (Å²) in [5, 5.41) is 0. The van der Waals surface area contributed by atoms with Crippen LogP contribution in [-0.2, 0) is 10.8 Å². The van der Waals surface area contributed by atoms with Gasteiger partial charge in [0, 0.05) is 22.5 Å². The highest BCUT2D eigenvalue weighted by Gasteiger charge is 2.46. The molecule has 0 aliphatic heterocycles. The van der Waals surface area contributed by atoms with E-state index < -0.39 is 5.41 Å². The second kappa shape index (κ2) is 18.1. The van der Waals surface area contributed by atoms with Crippen molar-refractivity contribution in [2.45, 2.75) is 58.8 Å². The van der Waals surface area contributed by atoms with Gasteiger partial charge in [-0.05, 0) is 150 Å². The van der Waals surface area contributed by atoms with Gasteiger partial charge in [-0.2, -0.15) is 0 Å². The first kappa shape index (κ1) is 44.5. The molecule has 1 nitrogen and oxygen atoms in total. The molecule has 12 rings (SSSR count). The Hall–Kier alpha value is -8.00. The van der Waals surface area contributed by atoms with Crippen molar-refractivity contribution >= 4 is 17.1 Å². The first-order chi connectivity index (χ1) is 34.2. The number of anilines is 3. The van der Waals surface area contributed by atoms with Crippen molar-refractivity contribution in [2.75, 3.05) is 4.90 Å². The van der Waals surface area contributed by atoms with E-state index in [9.17, 15) is 0 Å². The Bertz CT molecular complexity index is 3470. The standard InChI is InChI=1S/C66H51N.C3H8/c1-44-18-11-12-23-54(44)56-27-17-26-55(45(56)2)48-32-30-46(31-33-48)47-34-36-51(37-35-47)67(52-38-40-59-57-24-13-15-28-61(57)65(3,4)63(59)42-52)53-39-41-60-58-25-14-16-29-62(58)66(64(60)43-53,49-19-7-5-8-20-49)50-21-9-6-10-22-50;1-3-2/h5-43H,1-4H3;3H2,1-2H3. The Morgan fingerprint density at radius 1 is 0.329 bits per heavy atom. The third kappa shape index (κ3) is 7.31. The Kier molecular flexibility index (Phi) is 11.5. The Morgan fingerprint density at radius 3 is 1.34 bits per heavy atom. The van der Waals surface area contributed by atoms with Crippen molar-refractivity contribution in [3.8, 4) is 55.6 Å². The smallest absolute Gasteiger partial charge is 0.0714 e. The minimum absolute atomic E-state index is 0.140. The number of benzene rings is 10. The summed E-state index contributed by atoms with van der Waals surface area (Å²) in [6.45, 7) is 13.4. The summed E-state index contributed by atoms with van der Waals surface area (Å²) < 4.78 is 0. The molecular formula is C69H59N. The molecule has 0 saturated heterocycles. The molecule has 0 bridgehead atoms. The molecule has 0 N–H and O–H groups in total. The fourth-order valence-electron chi connectivity index (χ4n) is 11.6. The maximum atomic E-state index is 2.48. The monoisotopic (exact) mass is 901 g/mol. The number of rotatable bonds is 8. The molecule has 0 aromatic heterocycles. The minimum atomic E-state index is -0.506. The van der Waals surface area contributed by atoms with E-state index >= 15 is 0 Å². The quantitative estimate of drug-likeness (QED) is 0.147. The van der Waals surface area contributed by atoms with E-state index in [1.54, 1.807) is 0 Å². The van der Waals surface area contributed by atoms with Crippen LogP contribution in [0.15, 0.2) is 237 Å². The molecule has 340 valence electrons. The lowest BCUT2D eigenvalue weighted by molar-refractivity contribution is 0.660. The number of hydrogen-bond acceptors (Lipinski definition) is 1. The van der Waals surface area contributed by atoms with E-state index in [4.69, 9.17) is 0 Å². The zero-order chi connectivity index (χ0) is 48.0. The highest BCUT2D eigenvalue weighted by molar-refractivity contribution is 5.91. The largest absolute Gasteiger partial charge is 0.310 e. The fourth-order valence-corrected chi connectivity index (χ4v) is 11.6. The lowest BCUT2D eigenvalue weighted by Crippen LogP contribution is -2.28. The lowest BCUT2D eigenvalue weighted by atomic mass is 9.67. The lowest BCUT2D eigenvalue weighted by Gasteiger charge is -2.35. The zero-order valence-corrected chi connectivity index (χ0v) is 41.2. The Morgan fingerprint density at radius 2 is 0.743 bits per heavy atom. The van der Waals surface area contributed by atoms with E-state index in [2.05, 4.69) is 283 Å². The van der Waals surface area contributed by atoms with Crippen molar-refractivity contribution in [1.29, 1.82) is 0 Å². The molecule has 0 saturated carbocycles. The van der Waals surface area contributed by atoms with Crippen LogP contribution in [0.1, 0.15) is 78.6 Å². The normalized spacial score (nSPS) is 13.3. The van der Waals surface area contributed by atoms with Gasteiger partial charge in [0.15, 0.2) is 0 Å². The number of hydrogen-bond donors (Lipinski definition) is 0. The average Bonchev–Trinajstić information content (AvgIpc) is 3.83. The highest BCUT2D eigenvalue weighted by Crippen LogP contribution is 2.58. The fraction of sp³-hybridized carbons (Fsp3) is 0.130. The van der Waals surface area contributed by atoms with Gasteiger partial charge in [-0.15, -0.1) is 0 Å². The number of nitrogens with zero attached hydrogens (tertiary/aromatic N) is 1. The van der Waals surface area contributed by atoms with Crippen LogP contribution in [0.25, 0.3) is 55.6 Å². The van der Waals surface area contributed by atoms with Crippen LogP contribution in [0, 0.1) is 13.8 Å². The van der Waals surface area contributed by atoms with Crippen molar-refractivity contribution in [2.24, 2.45) is 0 Å². The summed E-state index contributed by atoms with van der Waals surface area (Å²) in [4.78, 5) is 2.47. The van der Waals surface area contributed by atoms with Gasteiger partial charge in [-0.1, -0.05) is 234 Å². The first-order valence-corrected chi connectivity index (χ1v) is 25.0. The number of aryl methyl sites for hydroxylation is 1. The third-order valence-corrected chi connectivity index (χ3v) is 14.9. The molecule has 1 heteroatoms. The molecule has 0 amide bonds. The maximum Gasteiger partial charge on any atom is 0.0714 e. The molecule has 10 aromatic rings. The second-order valence-electron chi connectivity index (χ2n) is 19.6. The predicted molar refractivity (Wildman–Crippen MR) is 298 cm³/mol. The molecule has 0 spiro atoms. The van der Waals surface area contributed by atoms with Gasteiger partial charge in [0.25, 0.3) is 0 Å². The topological polar surface area (TPSA) is 3.24 Å². The molecule has 0 atom stereocenters. The molecule has 10 aromatic carbocycles.